The molecule has 0 heterocycles. The minimum absolute atomic E-state index is 0.0132. The smallest absolute Gasteiger partial charge is 0.227 e. The summed E-state index contributed by atoms with van der Waals surface area (Å²) >= 11 is 0. The van der Waals surface area contributed by atoms with E-state index in [1.54, 1.807) is 0 Å². The van der Waals surface area contributed by atoms with Crippen LogP contribution in [-0.4, -0.2) is 23.7 Å². The van der Waals surface area contributed by atoms with Crippen molar-refractivity contribution in [3.05, 3.63) is 35.9 Å². The summed E-state index contributed by atoms with van der Waals surface area (Å²) in [6.45, 7) is 4.09. The van der Waals surface area contributed by atoms with Crippen LogP contribution < -0.4 is 5.32 Å². The molecule has 3 heteroatoms. The van der Waals surface area contributed by atoms with Crippen LogP contribution in [0.4, 0.5) is 0 Å². The third-order valence-electron chi connectivity index (χ3n) is 6.29. The predicted molar refractivity (Wildman–Crippen MR) is 91.9 cm³/mol. The molecule has 2 bridgehead atoms. The highest BCUT2D eigenvalue weighted by Gasteiger charge is 2.55. The van der Waals surface area contributed by atoms with E-state index in [1.807, 2.05) is 19.9 Å². The average Bonchev–Trinajstić information content (AvgIpc) is 3.16. The number of carbonyl (C=O) groups excluding carboxylic acids is 1. The predicted octanol–water partition coefficient (Wildman–Crippen LogP) is 3.17. The van der Waals surface area contributed by atoms with E-state index in [-0.39, 0.29) is 29.9 Å². The zero-order valence-electron chi connectivity index (χ0n) is 14.3. The monoisotopic (exact) mass is 315 g/mol. The second kappa shape index (κ2) is 6.64. The lowest BCUT2D eigenvalue weighted by Crippen LogP contribution is -2.50. The summed E-state index contributed by atoms with van der Waals surface area (Å²) < 4.78 is 0. The standard InChI is InChI=1S/C20H29NO2/c1-14(13-22)15(2)21-19(23)20(11-16-6-4-3-5-7-16)12-17-8-9-18(20)10-17/h3-7,14-15,17-18,22H,8-13H2,1-2H3,(H,21,23). The Balaban J connectivity index is 1.80. The van der Waals surface area contributed by atoms with Crippen molar-refractivity contribution in [3.8, 4) is 0 Å². The van der Waals surface area contributed by atoms with Crippen molar-refractivity contribution in [2.24, 2.45) is 23.2 Å². The van der Waals surface area contributed by atoms with Gasteiger partial charge < -0.3 is 10.4 Å². The SMILES string of the molecule is CC(CO)C(C)NC(=O)C1(Cc2ccccc2)CC2CCC1C2. The highest BCUT2D eigenvalue weighted by Crippen LogP contribution is 2.57. The quantitative estimate of drug-likeness (QED) is 0.847. The van der Waals surface area contributed by atoms with Gasteiger partial charge in [-0.25, -0.2) is 0 Å². The van der Waals surface area contributed by atoms with E-state index in [0.717, 1.165) is 18.8 Å². The molecule has 2 N–H and O–H groups in total. The van der Waals surface area contributed by atoms with Gasteiger partial charge in [-0.15, -0.1) is 0 Å². The molecule has 2 aliphatic rings. The molecule has 3 nitrogen and oxygen atoms in total. The average molecular weight is 315 g/mol. The van der Waals surface area contributed by atoms with E-state index in [9.17, 15) is 9.90 Å². The Kier molecular flexibility index (Phi) is 4.77. The first-order valence-corrected chi connectivity index (χ1v) is 9.01. The number of hydrogen-bond donors (Lipinski definition) is 2. The molecular formula is C20H29NO2. The van der Waals surface area contributed by atoms with Crippen molar-refractivity contribution in [1.29, 1.82) is 0 Å². The number of rotatable bonds is 6. The Morgan fingerprint density at radius 1 is 1.30 bits per heavy atom. The van der Waals surface area contributed by atoms with Crippen LogP contribution in [0.3, 0.4) is 0 Å². The van der Waals surface area contributed by atoms with Crippen molar-refractivity contribution in [2.45, 2.75) is 52.0 Å². The minimum atomic E-state index is -0.242. The van der Waals surface area contributed by atoms with E-state index < -0.39 is 0 Å². The number of aliphatic hydroxyl groups is 1. The van der Waals surface area contributed by atoms with Gasteiger partial charge in [-0.1, -0.05) is 43.7 Å². The van der Waals surface area contributed by atoms with Crippen LogP contribution in [0.25, 0.3) is 0 Å². The molecule has 126 valence electrons. The van der Waals surface area contributed by atoms with Gasteiger partial charge in [0.15, 0.2) is 0 Å². The van der Waals surface area contributed by atoms with Crippen LogP contribution >= 0.6 is 0 Å². The van der Waals surface area contributed by atoms with Crippen LogP contribution in [0, 0.1) is 23.2 Å². The molecule has 1 amide bonds. The molecule has 2 fully saturated rings. The van der Waals surface area contributed by atoms with Crippen LogP contribution in [0.2, 0.25) is 0 Å². The zero-order chi connectivity index (χ0) is 16.4. The van der Waals surface area contributed by atoms with Gasteiger partial charge >= 0.3 is 0 Å². The number of aliphatic hydroxyl groups excluding tert-OH is 1. The second-order valence-electron chi connectivity index (χ2n) is 7.82. The maximum Gasteiger partial charge on any atom is 0.227 e. The van der Waals surface area contributed by atoms with E-state index >= 15 is 0 Å². The Labute approximate surface area is 139 Å². The van der Waals surface area contributed by atoms with Crippen molar-refractivity contribution in [1.82, 2.24) is 5.32 Å². The van der Waals surface area contributed by atoms with Crippen molar-refractivity contribution < 1.29 is 9.90 Å². The van der Waals surface area contributed by atoms with Crippen LogP contribution in [0.5, 0.6) is 0 Å². The van der Waals surface area contributed by atoms with Crippen molar-refractivity contribution in [3.63, 3.8) is 0 Å². The Morgan fingerprint density at radius 2 is 2.04 bits per heavy atom. The fraction of sp³-hybridized carbons (Fsp3) is 0.650. The molecule has 5 atom stereocenters. The summed E-state index contributed by atoms with van der Waals surface area (Å²) in [6.07, 6.45) is 5.57. The summed E-state index contributed by atoms with van der Waals surface area (Å²) in [5.41, 5.74) is 1.02. The number of amides is 1. The molecule has 2 aliphatic carbocycles. The largest absolute Gasteiger partial charge is 0.396 e. The van der Waals surface area contributed by atoms with E-state index in [1.165, 1.54) is 24.8 Å². The molecule has 3 rings (SSSR count). The van der Waals surface area contributed by atoms with Gasteiger partial charge in [0, 0.05) is 12.6 Å². The lowest BCUT2D eigenvalue weighted by Gasteiger charge is -2.38. The number of carbonyl (C=O) groups is 1. The molecular weight excluding hydrogens is 286 g/mol. The lowest BCUT2D eigenvalue weighted by atomic mass is 9.68. The lowest BCUT2D eigenvalue weighted by molar-refractivity contribution is -0.135. The summed E-state index contributed by atoms with van der Waals surface area (Å²) in [6, 6.07) is 10.4. The van der Waals surface area contributed by atoms with Crippen LogP contribution in [0.1, 0.15) is 45.1 Å². The van der Waals surface area contributed by atoms with Gasteiger partial charge in [0.2, 0.25) is 5.91 Å². The minimum Gasteiger partial charge on any atom is -0.396 e. The third-order valence-corrected chi connectivity index (χ3v) is 6.29. The summed E-state index contributed by atoms with van der Waals surface area (Å²) in [4.78, 5) is 13.2. The normalized spacial score (nSPS) is 31.8. The molecule has 0 saturated heterocycles. The van der Waals surface area contributed by atoms with Crippen molar-refractivity contribution in [2.75, 3.05) is 6.61 Å². The van der Waals surface area contributed by atoms with Gasteiger partial charge in [0.25, 0.3) is 0 Å². The van der Waals surface area contributed by atoms with Crippen LogP contribution in [-0.2, 0) is 11.2 Å². The highest BCUT2D eigenvalue weighted by molar-refractivity contribution is 5.84. The summed E-state index contributed by atoms with van der Waals surface area (Å²) in [7, 11) is 0. The van der Waals surface area contributed by atoms with E-state index in [0.29, 0.717) is 5.92 Å². The molecule has 1 aromatic carbocycles. The first-order chi connectivity index (χ1) is 11.0. The van der Waals surface area contributed by atoms with Gasteiger partial charge in [0.1, 0.15) is 0 Å². The Hall–Kier alpha value is -1.35. The zero-order valence-corrected chi connectivity index (χ0v) is 14.3. The number of hydrogen-bond acceptors (Lipinski definition) is 2. The highest BCUT2D eigenvalue weighted by atomic mass is 16.3. The number of nitrogens with one attached hydrogen (secondary N) is 1. The second-order valence-corrected chi connectivity index (χ2v) is 7.82. The van der Waals surface area contributed by atoms with Crippen molar-refractivity contribution >= 4 is 5.91 Å². The number of fused-ring (bicyclic) bond motifs is 2. The Bertz CT molecular complexity index is 544. The van der Waals surface area contributed by atoms with E-state index in [2.05, 4.69) is 29.6 Å². The van der Waals surface area contributed by atoms with E-state index in [4.69, 9.17) is 0 Å². The molecule has 23 heavy (non-hydrogen) atoms. The molecule has 0 aliphatic heterocycles. The summed E-state index contributed by atoms with van der Waals surface area (Å²) in [5.74, 6) is 1.54. The maximum absolute atomic E-state index is 13.2. The first-order valence-electron chi connectivity index (χ1n) is 9.01. The molecule has 0 aromatic heterocycles. The molecule has 5 unspecified atom stereocenters. The molecule has 2 saturated carbocycles. The first kappa shape index (κ1) is 16.5. The number of benzene rings is 1. The maximum atomic E-state index is 13.2. The van der Waals surface area contributed by atoms with Gasteiger partial charge in [-0.05, 0) is 55.9 Å². The third kappa shape index (κ3) is 3.16. The molecule has 1 aromatic rings. The van der Waals surface area contributed by atoms with Gasteiger partial charge in [-0.2, -0.15) is 0 Å². The molecule has 0 radical (unpaired) electrons. The fourth-order valence-electron chi connectivity index (χ4n) is 4.63. The van der Waals surface area contributed by atoms with Gasteiger partial charge in [0.05, 0.1) is 5.41 Å². The van der Waals surface area contributed by atoms with Gasteiger partial charge in [-0.3, -0.25) is 4.79 Å². The topological polar surface area (TPSA) is 49.3 Å². The van der Waals surface area contributed by atoms with Crippen LogP contribution in [0.15, 0.2) is 30.3 Å². The summed E-state index contributed by atoms with van der Waals surface area (Å²) in [5, 5.41) is 12.6. The molecule has 0 spiro atoms. The Morgan fingerprint density at radius 3 is 2.61 bits per heavy atom. The fourth-order valence-corrected chi connectivity index (χ4v) is 4.63.